The Kier molecular flexibility index (Phi) is 3.30. The molecule has 1 fully saturated rings. The molecule has 2 nitrogen and oxygen atoms in total. The summed E-state index contributed by atoms with van der Waals surface area (Å²) in [6.07, 6.45) is 6.10. The van der Waals surface area contributed by atoms with Crippen molar-refractivity contribution < 1.29 is 0 Å². The van der Waals surface area contributed by atoms with Gasteiger partial charge in [0, 0.05) is 23.9 Å². The second-order valence-electron chi connectivity index (χ2n) is 3.71. The first kappa shape index (κ1) is 9.84. The fourth-order valence-corrected chi connectivity index (χ4v) is 2.78. The maximum absolute atomic E-state index is 4.29. The van der Waals surface area contributed by atoms with Gasteiger partial charge in [0.25, 0.3) is 0 Å². The first-order valence-corrected chi connectivity index (χ1v) is 6.14. The second-order valence-corrected chi connectivity index (χ2v) is 4.77. The fourth-order valence-electron chi connectivity index (χ4n) is 1.56. The van der Waals surface area contributed by atoms with Crippen LogP contribution in [0.4, 0.5) is 5.82 Å². The van der Waals surface area contributed by atoms with Gasteiger partial charge in [0.15, 0.2) is 0 Å². The number of hydrogen-bond donors (Lipinski definition) is 1. The van der Waals surface area contributed by atoms with Crippen LogP contribution in [0, 0.1) is 5.92 Å². The zero-order chi connectivity index (χ0) is 9.80. The molecule has 0 aliphatic heterocycles. The van der Waals surface area contributed by atoms with Gasteiger partial charge in [-0.3, -0.25) is 0 Å². The molecule has 1 aromatic heterocycles. The maximum Gasteiger partial charge on any atom is 0.139 e. The van der Waals surface area contributed by atoms with Crippen LogP contribution >= 0.6 is 11.8 Å². The van der Waals surface area contributed by atoms with Gasteiger partial charge in [-0.15, -0.1) is 11.8 Å². The molecular formula is C11H16N2S. The highest BCUT2D eigenvalue weighted by atomic mass is 32.2. The maximum atomic E-state index is 4.29. The number of rotatable bonds is 4. The van der Waals surface area contributed by atoms with Crippen molar-refractivity contribution in [2.75, 3.05) is 18.1 Å². The van der Waals surface area contributed by atoms with Gasteiger partial charge in [-0.05, 0) is 30.9 Å². The van der Waals surface area contributed by atoms with E-state index in [-0.39, 0.29) is 0 Å². The second kappa shape index (κ2) is 4.69. The summed E-state index contributed by atoms with van der Waals surface area (Å²) in [7, 11) is 1.93. The molecule has 0 saturated heterocycles. The fraction of sp³-hybridized carbons (Fsp3) is 0.545. The number of pyridine rings is 1. The molecule has 76 valence electrons. The molecule has 1 aliphatic rings. The minimum absolute atomic E-state index is 0.949. The van der Waals surface area contributed by atoms with Gasteiger partial charge in [-0.2, -0.15) is 0 Å². The van der Waals surface area contributed by atoms with Crippen LogP contribution in [0.3, 0.4) is 0 Å². The van der Waals surface area contributed by atoms with Crippen LogP contribution in [0.2, 0.25) is 0 Å². The van der Waals surface area contributed by atoms with Crippen LogP contribution in [-0.4, -0.2) is 17.8 Å². The van der Waals surface area contributed by atoms with Crippen LogP contribution < -0.4 is 5.32 Å². The molecule has 1 aromatic rings. The summed E-state index contributed by atoms with van der Waals surface area (Å²) in [5.74, 6) is 3.21. The predicted octanol–water partition coefficient (Wildman–Crippen LogP) is 3.02. The zero-order valence-corrected chi connectivity index (χ0v) is 9.31. The molecule has 3 heteroatoms. The van der Waals surface area contributed by atoms with E-state index in [1.54, 1.807) is 0 Å². The molecule has 0 aromatic carbocycles. The average Bonchev–Trinajstić information content (AvgIpc) is 2.16. The number of anilines is 1. The highest BCUT2D eigenvalue weighted by molar-refractivity contribution is 7.99. The lowest BCUT2D eigenvalue weighted by atomic mass is 9.87. The Morgan fingerprint density at radius 1 is 1.57 bits per heavy atom. The van der Waals surface area contributed by atoms with Crippen molar-refractivity contribution in [1.29, 1.82) is 0 Å². The number of hydrogen-bond acceptors (Lipinski definition) is 3. The van der Waals surface area contributed by atoms with E-state index in [1.165, 1.54) is 29.9 Å². The quantitative estimate of drug-likeness (QED) is 0.770. The molecular weight excluding hydrogens is 192 g/mol. The Hall–Kier alpha value is -0.700. The largest absolute Gasteiger partial charge is 0.372 e. The first-order chi connectivity index (χ1) is 6.90. The third-order valence-corrected chi connectivity index (χ3v) is 3.99. The third kappa shape index (κ3) is 2.21. The summed E-state index contributed by atoms with van der Waals surface area (Å²) >= 11 is 1.93. The zero-order valence-electron chi connectivity index (χ0n) is 8.49. The van der Waals surface area contributed by atoms with Crippen molar-refractivity contribution in [3.63, 3.8) is 0 Å². The van der Waals surface area contributed by atoms with Gasteiger partial charge in [0.2, 0.25) is 0 Å². The van der Waals surface area contributed by atoms with Crippen molar-refractivity contribution >= 4 is 17.6 Å². The Labute approximate surface area is 89.5 Å². The standard InChI is InChI=1S/C11H16N2S/c1-12-11-10(6-3-7-13-11)14-8-9-4-2-5-9/h3,6-7,9H,2,4-5,8H2,1H3,(H,12,13). The molecule has 0 amide bonds. The van der Waals surface area contributed by atoms with E-state index in [4.69, 9.17) is 0 Å². The molecule has 1 aliphatic carbocycles. The smallest absolute Gasteiger partial charge is 0.139 e. The summed E-state index contributed by atoms with van der Waals surface area (Å²) in [6, 6.07) is 4.14. The van der Waals surface area contributed by atoms with Gasteiger partial charge in [-0.25, -0.2) is 4.98 Å². The van der Waals surface area contributed by atoms with Gasteiger partial charge in [0.05, 0.1) is 0 Å². The van der Waals surface area contributed by atoms with Gasteiger partial charge in [0.1, 0.15) is 5.82 Å². The molecule has 1 N–H and O–H groups in total. The number of aromatic nitrogens is 1. The summed E-state index contributed by atoms with van der Waals surface area (Å²) in [5.41, 5.74) is 0. The van der Waals surface area contributed by atoms with Crippen molar-refractivity contribution in [3.05, 3.63) is 18.3 Å². The lowest BCUT2D eigenvalue weighted by Crippen LogP contribution is -2.13. The molecule has 0 bridgehead atoms. The van der Waals surface area contributed by atoms with E-state index in [9.17, 15) is 0 Å². The molecule has 14 heavy (non-hydrogen) atoms. The number of nitrogens with zero attached hydrogens (tertiary/aromatic N) is 1. The first-order valence-electron chi connectivity index (χ1n) is 5.15. The van der Waals surface area contributed by atoms with Gasteiger partial charge in [-0.1, -0.05) is 6.42 Å². The number of nitrogens with one attached hydrogen (secondary N) is 1. The van der Waals surface area contributed by atoms with E-state index in [2.05, 4.69) is 16.4 Å². The van der Waals surface area contributed by atoms with E-state index in [1.807, 2.05) is 31.1 Å². The Morgan fingerprint density at radius 2 is 2.43 bits per heavy atom. The van der Waals surface area contributed by atoms with E-state index in [0.717, 1.165) is 11.7 Å². The summed E-state index contributed by atoms with van der Waals surface area (Å²) in [4.78, 5) is 5.57. The Balaban J connectivity index is 1.93. The molecule has 0 atom stereocenters. The minimum Gasteiger partial charge on any atom is -0.372 e. The van der Waals surface area contributed by atoms with Crippen molar-refractivity contribution in [1.82, 2.24) is 4.98 Å². The van der Waals surface area contributed by atoms with Crippen LogP contribution in [-0.2, 0) is 0 Å². The minimum atomic E-state index is 0.949. The van der Waals surface area contributed by atoms with E-state index in [0.29, 0.717) is 0 Å². The molecule has 1 saturated carbocycles. The normalized spacial score (nSPS) is 16.4. The van der Waals surface area contributed by atoms with Crippen LogP contribution in [0.15, 0.2) is 23.2 Å². The Bertz CT molecular complexity index is 297. The molecule has 0 radical (unpaired) electrons. The summed E-state index contributed by atoms with van der Waals surface area (Å²) < 4.78 is 0. The molecule has 1 heterocycles. The average molecular weight is 208 g/mol. The van der Waals surface area contributed by atoms with Crippen LogP contribution in [0.1, 0.15) is 19.3 Å². The predicted molar refractivity (Wildman–Crippen MR) is 61.8 cm³/mol. The van der Waals surface area contributed by atoms with Gasteiger partial charge < -0.3 is 5.32 Å². The van der Waals surface area contributed by atoms with Gasteiger partial charge >= 0.3 is 0 Å². The molecule has 0 unspecified atom stereocenters. The van der Waals surface area contributed by atoms with Crippen LogP contribution in [0.25, 0.3) is 0 Å². The highest BCUT2D eigenvalue weighted by Gasteiger charge is 2.17. The van der Waals surface area contributed by atoms with E-state index >= 15 is 0 Å². The lowest BCUT2D eigenvalue weighted by molar-refractivity contribution is 0.353. The topological polar surface area (TPSA) is 24.9 Å². The van der Waals surface area contributed by atoms with Crippen molar-refractivity contribution in [2.45, 2.75) is 24.2 Å². The third-order valence-electron chi connectivity index (χ3n) is 2.71. The summed E-state index contributed by atoms with van der Waals surface area (Å²) in [5, 5.41) is 3.12. The lowest BCUT2D eigenvalue weighted by Gasteiger charge is -2.24. The molecule has 2 rings (SSSR count). The monoisotopic (exact) mass is 208 g/mol. The SMILES string of the molecule is CNc1ncccc1SCC1CCC1. The molecule has 0 spiro atoms. The highest BCUT2D eigenvalue weighted by Crippen LogP contribution is 2.34. The number of thioether (sulfide) groups is 1. The van der Waals surface area contributed by atoms with Crippen LogP contribution in [0.5, 0.6) is 0 Å². The van der Waals surface area contributed by atoms with E-state index < -0.39 is 0 Å². The summed E-state index contributed by atoms with van der Waals surface area (Å²) in [6.45, 7) is 0. The Morgan fingerprint density at radius 3 is 3.07 bits per heavy atom. The van der Waals surface area contributed by atoms with Crippen molar-refractivity contribution in [2.24, 2.45) is 5.92 Å². The van der Waals surface area contributed by atoms with Crippen molar-refractivity contribution in [3.8, 4) is 0 Å².